The molecular formula is C19H18BrN. The number of hydrogen-bond acceptors (Lipinski definition) is 1. The van der Waals surface area contributed by atoms with E-state index < -0.39 is 0 Å². The van der Waals surface area contributed by atoms with E-state index in [2.05, 4.69) is 88.8 Å². The van der Waals surface area contributed by atoms with E-state index >= 15 is 0 Å². The molecule has 21 heavy (non-hydrogen) atoms. The highest BCUT2D eigenvalue weighted by Gasteiger charge is 2.16. The number of benzene rings is 3. The Morgan fingerprint density at radius 2 is 1.67 bits per heavy atom. The van der Waals surface area contributed by atoms with Crippen LogP contribution in [0.5, 0.6) is 0 Å². The van der Waals surface area contributed by atoms with Crippen molar-refractivity contribution in [3.8, 4) is 0 Å². The van der Waals surface area contributed by atoms with E-state index in [9.17, 15) is 0 Å². The van der Waals surface area contributed by atoms with Crippen molar-refractivity contribution in [1.82, 2.24) is 5.32 Å². The normalized spacial score (nSPS) is 12.5. The number of hydrogen-bond donors (Lipinski definition) is 1. The van der Waals surface area contributed by atoms with Crippen LogP contribution in [-0.2, 0) is 0 Å². The summed E-state index contributed by atoms with van der Waals surface area (Å²) < 4.78 is 1.11. The summed E-state index contributed by atoms with van der Waals surface area (Å²) in [6.45, 7) is 2.16. The van der Waals surface area contributed by atoms with Crippen molar-refractivity contribution in [2.75, 3.05) is 7.05 Å². The predicted molar refractivity (Wildman–Crippen MR) is 93.7 cm³/mol. The molecule has 0 heterocycles. The molecule has 3 aromatic carbocycles. The van der Waals surface area contributed by atoms with Crippen molar-refractivity contribution < 1.29 is 0 Å². The number of aryl methyl sites for hydroxylation is 1. The summed E-state index contributed by atoms with van der Waals surface area (Å²) >= 11 is 3.59. The van der Waals surface area contributed by atoms with Gasteiger partial charge >= 0.3 is 0 Å². The lowest BCUT2D eigenvalue weighted by molar-refractivity contribution is 0.692. The van der Waals surface area contributed by atoms with E-state index in [0.29, 0.717) is 0 Å². The lowest BCUT2D eigenvalue weighted by atomic mass is 9.91. The lowest BCUT2D eigenvalue weighted by Crippen LogP contribution is -2.19. The first-order valence-electron chi connectivity index (χ1n) is 7.11. The molecule has 0 aliphatic rings. The topological polar surface area (TPSA) is 12.0 Å². The van der Waals surface area contributed by atoms with Gasteiger partial charge in [0.15, 0.2) is 0 Å². The van der Waals surface area contributed by atoms with Crippen LogP contribution in [0.15, 0.2) is 65.1 Å². The molecule has 0 saturated heterocycles. The van der Waals surface area contributed by atoms with Gasteiger partial charge in [0.1, 0.15) is 0 Å². The fourth-order valence-electron chi connectivity index (χ4n) is 2.90. The summed E-state index contributed by atoms with van der Waals surface area (Å²) in [5, 5.41) is 6.06. The van der Waals surface area contributed by atoms with Gasteiger partial charge in [0.05, 0.1) is 6.04 Å². The van der Waals surface area contributed by atoms with Crippen LogP contribution in [0.25, 0.3) is 10.8 Å². The summed E-state index contributed by atoms with van der Waals surface area (Å²) in [4.78, 5) is 0. The molecule has 3 rings (SSSR count). The summed E-state index contributed by atoms with van der Waals surface area (Å²) in [6, 6.07) is 21.7. The molecule has 1 atom stereocenters. The van der Waals surface area contributed by atoms with E-state index in [4.69, 9.17) is 0 Å². The molecule has 0 bridgehead atoms. The minimum atomic E-state index is 0.189. The molecule has 0 fully saturated rings. The predicted octanol–water partition coefficient (Wildman–Crippen LogP) is 5.22. The molecule has 0 radical (unpaired) electrons. The number of fused-ring (bicyclic) bond motifs is 1. The first kappa shape index (κ1) is 14.3. The average Bonchev–Trinajstić information content (AvgIpc) is 2.51. The van der Waals surface area contributed by atoms with Gasteiger partial charge in [-0.2, -0.15) is 0 Å². The van der Waals surface area contributed by atoms with Crippen LogP contribution in [0.4, 0.5) is 0 Å². The minimum absolute atomic E-state index is 0.189. The Balaban J connectivity index is 2.21. The lowest BCUT2D eigenvalue weighted by Gasteiger charge is -2.21. The summed E-state index contributed by atoms with van der Waals surface area (Å²) in [5.41, 5.74) is 3.92. The summed E-state index contributed by atoms with van der Waals surface area (Å²) in [6.07, 6.45) is 0. The molecule has 3 aromatic rings. The summed E-state index contributed by atoms with van der Waals surface area (Å²) in [5.74, 6) is 0. The second kappa shape index (κ2) is 6.00. The van der Waals surface area contributed by atoms with E-state index in [1.165, 1.54) is 27.5 Å². The van der Waals surface area contributed by atoms with Gasteiger partial charge in [-0.1, -0.05) is 64.5 Å². The highest BCUT2D eigenvalue weighted by Crippen LogP contribution is 2.31. The van der Waals surface area contributed by atoms with E-state index in [0.717, 1.165) is 4.47 Å². The summed E-state index contributed by atoms with van der Waals surface area (Å²) in [7, 11) is 2.02. The standard InChI is InChI=1S/C19H18BrN/c1-13-10-11-15(20)12-18(13)19(21-2)17-9-5-7-14-6-3-4-8-16(14)17/h3-12,19,21H,1-2H3. The Morgan fingerprint density at radius 3 is 2.48 bits per heavy atom. The van der Waals surface area contributed by atoms with Crippen molar-refractivity contribution in [2.45, 2.75) is 13.0 Å². The van der Waals surface area contributed by atoms with Gasteiger partial charge in [0.2, 0.25) is 0 Å². The second-order valence-electron chi connectivity index (χ2n) is 5.29. The number of halogens is 1. The SMILES string of the molecule is CNC(c1cc(Br)ccc1C)c1cccc2ccccc12. The van der Waals surface area contributed by atoms with Crippen molar-refractivity contribution in [3.63, 3.8) is 0 Å². The largest absolute Gasteiger partial charge is 0.309 e. The van der Waals surface area contributed by atoms with Gasteiger partial charge in [0.25, 0.3) is 0 Å². The smallest absolute Gasteiger partial charge is 0.0583 e. The molecule has 0 aliphatic heterocycles. The molecule has 0 aliphatic carbocycles. The first-order chi connectivity index (χ1) is 10.2. The quantitative estimate of drug-likeness (QED) is 0.689. The van der Waals surface area contributed by atoms with Gasteiger partial charge in [0, 0.05) is 4.47 Å². The molecule has 0 saturated carbocycles. The number of rotatable bonds is 3. The molecule has 0 aromatic heterocycles. The maximum Gasteiger partial charge on any atom is 0.0583 e. The molecule has 0 spiro atoms. The van der Waals surface area contributed by atoms with Gasteiger partial charge in [-0.15, -0.1) is 0 Å². The van der Waals surface area contributed by atoms with E-state index in [1.54, 1.807) is 0 Å². The van der Waals surface area contributed by atoms with Crippen LogP contribution in [0.3, 0.4) is 0 Å². The second-order valence-corrected chi connectivity index (χ2v) is 6.21. The Hall–Kier alpha value is -1.64. The van der Waals surface area contributed by atoms with Crippen molar-refractivity contribution in [3.05, 3.63) is 81.8 Å². The molecular weight excluding hydrogens is 322 g/mol. The zero-order valence-corrected chi connectivity index (χ0v) is 13.8. The monoisotopic (exact) mass is 339 g/mol. The minimum Gasteiger partial charge on any atom is -0.309 e. The third-order valence-electron chi connectivity index (χ3n) is 3.98. The van der Waals surface area contributed by atoms with E-state index in [-0.39, 0.29) is 6.04 Å². The van der Waals surface area contributed by atoms with Crippen LogP contribution >= 0.6 is 15.9 Å². The van der Waals surface area contributed by atoms with Gasteiger partial charge < -0.3 is 5.32 Å². The zero-order valence-electron chi connectivity index (χ0n) is 12.2. The van der Waals surface area contributed by atoms with Crippen molar-refractivity contribution in [1.29, 1.82) is 0 Å². The average molecular weight is 340 g/mol. The van der Waals surface area contributed by atoms with Gasteiger partial charge in [-0.25, -0.2) is 0 Å². The van der Waals surface area contributed by atoms with Crippen LogP contribution in [0.2, 0.25) is 0 Å². The Bertz CT molecular complexity index is 774. The first-order valence-corrected chi connectivity index (χ1v) is 7.91. The molecule has 2 heteroatoms. The zero-order chi connectivity index (χ0) is 14.8. The van der Waals surface area contributed by atoms with Crippen LogP contribution in [-0.4, -0.2) is 7.05 Å². The van der Waals surface area contributed by atoms with E-state index in [1.807, 2.05) is 7.05 Å². The van der Waals surface area contributed by atoms with Crippen molar-refractivity contribution in [2.24, 2.45) is 0 Å². The molecule has 1 unspecified atom stereocenters. The third kappa shape index (κ3) is 2.74. The van der Waals surface area contributed by atoms with Gasteiger partial charge in [-0.3, -0.25) is 0 Å². The third-order valence-corrected chi connectivity index (χ3v) is 4.47. The Kier molecular flexibility index (Phi) is 4.09. The van der Waals surface area contributed by atoms with Gasteiger partial charge in [-0.05, 0) is 53.6 Å². The van der Waals surface area contributed by atoms with Crippen molar-refractivity contribution >= 4 is 26.7 Å². The number of nitrogens with one attached hydrogen (secondary N) is 1. The highest BCUT2D eigenvalue weighted by atomic mass is 79.9. The fourth-order valence-corrected chi connectivity index (χ4v) is 3.28. The Labute approximate surface area is 134 Å². The molecule has 106 valence electrons. The van der Waals surface area contributed by atoms with Crippen LogP contribution in [0, 0.1) is 6.92 Å². The van der Waals surface area contributed by atoms with Crippen LogP contribution in [0.1, 0.15) is 22.7 Å². The molecule has 1 N–H and O–H groups in total. The van der Waals surface area contributed by atoms with Crippen LogP contribution < -0.4 is 5.32 Å². The molecule has 0 amide bonds. The maximum atomic E-state index is 3.59. The molecule has 1 nitrogen and oxygen atoms in total. The Morgan fingerprint density at radius 1 is 0.905 bits per heavy atom. The fraction of sp³-hybridized carbons (Fsp3) is 0.158. The highest BCUT2D eigenvalue weighted by molar-refractivity contribution is 9.10. The maximum absolute atomic E-state index is 3.59.